The molecule has 12 heavy (non-hydrogen) atoms. The SMILES string of the molecule is CC(C)CCCC1C(C)CC1C. The fourth-order valence-corrected chi connectivity index (χ4v) is 2.63. The van der Waals surface area contributed by atoms with E-state index in [0.717, 1.165) is 23.7 Å². The van der Waals surface area contributed by atoms with Gasteiger partial charge in [0.05, 0.1) is 0 Å². The third-order valence-corrected chi connectivity index (χ3v) is 3.52. The van der Waals surface area contributed by atoms with E-state index in [2.05, 4.69) is 27.7 Å². The highest BCUT2D eigenvalue weighted by molar-refractivity contribution is 4.83. The van der Waals surface area contributed by atoms with Crippen LogP contribution in [0.3, 0.4) is 0 Å². The van der Waals surface area contributed by atoms with Gasteiger partial charge >= 0.3 is 0 Å². The van der Waals surface area contributed by atoms with Gasteiger partial charge in [-0.1, -0.05) is 40.5 Å². The molecule has 0 nitrogen and oxygen atoms in total. The van der Waals surface area contributed by atoms with Crippen LogP contribution in [0.2, 0.25) is 0 Å². The lowest BCUT2D eigenvalue weighted by Gasteiger charge is -2.41. The van der Waals surface area contributed by atoms with Crippen molar-refractivity contribution in [3.63, 3.8) is 0 Å². The first-order chi connectivity index (χ1) is 5.61. The van der Waals surface area contributed by atoms with Crippen LogP contribution in [-0.4, -0.2) is 0 Å². The Morgan fingerprint density at radius 3 is 2.17 bits per heavy atom. The Morgan fingerprint density at radius 2 is 1.75 bits per heavy atom. The molecule has 0 heteroatoms. The molecule has 2 unspecified atom stereocenters. The lowest BCUT2D eigenvalue weighted by Crippen LogP contribution is -2.32. The lowest BCUT2D eigenvalue weighted by molar-refractivity contribution is 0.0888. The molecule has 0 aliphatic heterocycles. The van der Waals surface area contributed by atoms with E-state index in [-0.39, 0.29) is 0 Å². The van der Waals surface area contributed by atoms with Gasteiger partial charge in [-0.3, -0.25) is 0 Å². The third kappa shape index (κ3) is 2.50. The summed E-state index contributed by atoms with van der Waals surface area (Å²) in [4.78, 5) is 0. The van der Waals surface area contributed by atoms with Gasteiger partial charge < -0.3 is 0 Å². The van der Waals surface area contributed by atoms with Crippen LogP contribution in [0.4, 0.5) is 0 Å². The minimum Gasteiger partial charge on any atom is -0.0628 e. The van der Waals surface area contributed by atoms with Crippen LogP contribution in [0.1, 0.15) is 53.4 Å². The summed E-state index contributed by atoms with van der Waals surface area (Å²) in [5.74, 6) is 4.00. The standard InChI is InChI=1S/C12H24/c1-9(2)6-5-7-12-10(3)8-11(12)4/h9-12H,5-8H2,1-4H3. The maximum atomic E-state index is 2.42. The molecule has 0 heterocycles. The molecule has 0 aromatic heterocycles. The zero-order valence-electron chi connectivity index (χ0n) is 9.14. The Bertz CT molecular complexity index is 118. The van der Waals surface area contributed by atoms with E-state index in [9.17, 15) is 0 Å². The maximum Gasteiger partial charge on any atom is -0.0362 e. The van der Waals surface area contributed by atoms with Crippen LogP contribution < -0.4 is 0 Å². The lowest BCUT2D eigenvalue weighted by atomic mass is 9.64. The fraction of sp³-hybridized carbons (Fsp3) is 1.00. The molecule has 1 fully saturated rings. The van der Waals surface area contributed by atoms with E-state index in [1.54, 1.807) is 0 Å². The molecule has 2 atom stereocenters. The van der Waals surface area contributed by atoms with Crippen molar-refractivity contribution in [2.45, 2.75) is 53.4 Å². The summed E-state index contributed by atoms with van der Waals surface area (Å²) in [7, 11) is 0. The van der Waals surface area contributed by atoms with E-state index >= 15 is 0 Å². The monoisotopic (exact) mass is 168 g/mol. The third-order valence-electron chi connectivity index (χ3n) is 3.52. The second-order valence-electron chi connectivity index (χ2n) is 5.18. The molecular formula is C12H24. The molecule has 0 aromatic rings. The molecule has 0 aromatic carbocycles. The van der Waals surface area contributed by atoms with Crippen LogP contribution in [0.15, 0.2) is 0 Å². The Hall–Kier alpha value is 0. The molecule has 72 valence electrons. The predicted octanol–water partition coefficient (Wildman–Crippen LogP) is 4.10. The van der Waals surface area contributed by atoms with Gasteiger partial charge in [-0.2, -0.15) is 0 Å². The highest BCUT2D eigenvalue weighted by atomic mass is 14.4. The molecule has 0 N–H and O–H groups in total. The highest BCUT2D eigenvalue weighted by Crippen LogP contribution is 2.42. The number of hydrogen-bond acceptors (Lipinski definition) is 0. The van der Waals surface area contributed by atoms with Gasteiger partial charge in [-0.15, -0.1) is 0 Å². The van der Waals surface area contributed by atoms with Gasteiger partial charge in [0.15, 0.2) is 0 Å². The quantitative estimate of drug-likeness (QED) is 0.592. The van der Waals surface area contributed by atoms with E-state index in [1.807, 2.05) is 0 Å². The molecule has 1 aliphatic rings. The van der Waals surface area contributed by atoms with Gasteiger partial charge in [0.25, 0.3) is 0 Å². The van der Waals surface area contributed by atoms with Crippen molar-refractivity contribution in [1.82, 2.24) is 0 Å². The fourth-order valence-electron chi connectivity index (χ4n) is 2.63. The minimum absolute atomic E-state index is 0.899. The van der Waals surface area contributed by atoms with Crippen LogP contribution >= 0.6 is 0 Å². The van der Waals surface area contributed by atoms with Gasteiger partial charge in [0, 0.05) is 0 Å². The van der Waals surface area contributed by atoms with E-state index in [1.165, 1.54) is 25.7 Å². The normalized spacial score (nSPS) is 35.2. The van der Waals surface area contributed by atoms with E-state index in [0.29, 0.717) is 0 Å². The van der Waals surface area contributed by atoms with Crippen molar-refractivity contribution in [2.75, 3.05) is 0 Å². The van der Waals surface area contributed by atoms with Crippen molar-refractivity contribution in [2.24, 2.45) is 23.7 Å². The zero-order valence-corrected chi connectivity index (χ0v) is 9.14. The summed E-state index contributed by atoms with van der Waals surface area (Å²) < 4.78 is 0. The van der Waals surface area contributed by atoms with Gasteiger partial charge in [0.2, 0.25) is 0 Å². The highest BCUT2D eigenvalue weighted by Gasteiger charge is 2.33. The Morgan fingerprint density at radius 1 is 1.17 bits per heavy atom. The first kappa shape index (κ1) is 10.1. The summed E-state index contributed by atoms with van der Waals surface area (Å²) in [5, 5.41) is 0. The number of rotatable bonds is 4. The molecular weight excluding hydrogens is 144 g/mol. The summed E-state index contributed by atoms with van der Waals surface area (Å²) in [6.07, 6.45) is 5.85. The number of hydrogen-bond donors (Lipinski definition) is 0. The minimum atomic E-state index is 0.899. The maximum absolute atomic E-state index is 2.42. The van der Waals surface area contributed by atoms with Crippen molar-refractivity contribution in [1.29, 1.82) is 0 Å². The van der Waals surface area contributed by atoms with Gasteiger partial charge in [0.1, 0.15) is 0 Å². The molecule has 1 aliphatic carbocycles. The smallest absolute Gasteiger partial charge is 0.0362 e. The van der Waals surface area contributed by atoms with Gasteiger partial charge in [-0.05, 0) is 36.5 Å². The summed E-state index contributed by atoms with van der Waals surface area (Å²) >= 11 is 0. The average molecular weight is 168 g/mol. The first-order valence-corrected chi connectivity index (χ1v) is 5.61. The summed E-state index contributed by atoms with van der Waals surface area (Å²) in [5.41, 5.74) is 0. The first-order valence-electron chi connectivity index (χ1n) is 5.61. The molecule has 0 saturated heterocycles. The van der Waals surface area contributed by atoms with Crippen LogP contribution in [0.5, 0.6) is 0 Å². The van der Waals surface area contributed by atoms with E-state index < -0.39 is 0 Å². The molecule has 1 rings (SSSR count). The molecule has 0 radical (unpaired) electrons. The molecule has 0 spiro atoms. The van der Waals surface area contributed by atoms with Crippen LogP contribution in [-0.2, 0) is 0 Å². The average Bonchev–Trinajstić information content (AvgIpc) is 1.98. The molecule has 0 bridgehead atoms. The van der Waals surface area contributed by atoms with Crippen molar-refractivity contribution >= 4 is 0 Å². The Labute approximate surface area is 77.7 Å². The molecule has 1 saturated carbocycles. The van der Waals surface area contributed by atoms with Gasteiger partial charge in [-0.25, -0.2) is 0 Å². The Kier molecular flexibility index (Phi) is 3.61. The van der Waals surface area contributed by atoms with Crippen molar-refractivity contribution in [3.05, 3.63) is 0 Å². The van der Waals surface area contributed by atoms with Crippen LogP contribution in [0, 0.1) is 23.7 Å². The largest absolute Gasteiger partial charge is 0.0628 e. The van der Waals surface area contributed by atoms with Crippen molar-refractivity contribution in [3.8, 4) is 0 Å². The second kappa shape index (κ2) is 4.30. The Balaban J connectivity index is 2.06. The predicted molar refractivity (Wildman–Crippen MR) is 55.1 cm³/mol. The molecule has 0 amide bonds. The van der Waals surface area contributed by atoms with E-state index in [4.69, 9.17) is 0 Å². The summed E-state index contributed by atoms with van der Waals surface area (Å²) in [6, 6.07) is 0. The van der Waals surface area contributed by atoms with Crippen molar-refractivity contribution < 1.29 is 0 Å². The zero-order chi connectivity index (χ0) is 9.14. The summed E-state index contributed by atoms with van der Waals surface area (Å²) in [6.45, 7) is 9.49. The topological polar surface area (TPSA) is 0 Å². The van der Waals surface area contributed by atoms with Crippen LogP contribution in [0.25, 0.3) is 0 Å². The second-order valence-corrected chi connectivity index (χ2v) is 5.18.